The molecule has 0 aromatic heterocycles. The van der Waals surface area contributed by atoms with Crippen LogP contribution in [0.2, 0.25) is 0 Å². The van der Waals surface area contributed by atoms with Crippen LogP contribution < -0.4 is 0 Å². The molecule has 0 saturated heterocycles. The van der Waals surface area contributed by atoms with E-state index in [0.29, 0.717) is 0 Å². The van der Waals surface area contributed by atoms with Crippen LogP contribution in [0, 0.1) is 0 Å². The van der Waals surface area contributed by atoms with E-state index in [4.69, 9.17) is 5.11 Å². The number of aliphatic hydroxyl groups is 1. The predicted molar refractivity (Wildman–Crippen MR) is 39.2 cm³/mol. The van der Waals surface area contributed by atoms with Crippen molar-refractivity contribution in [3.63, 3.8) is 0 Å². The van der Waals surface area contributed by atoms with Crippen molar-refractivity contribution in [2.45, 2.75) is 13.8 Å². The summed E-state index contributed by atoms with van der Waals surface area (Å²) in [7, 11) is 3.89. The summed E-state index contributed by atoms with van der Waals surface area (Å²) in [6, 6.07) is 0. The van der Waals surface area contributed by atoms with E-state index in [1.54, 1.807) is 0 Å². The van der Waals surface area contributed by atoms with E-state index in [9.17, 15) is 0 Å². The first kappa shape index (κ1) is 8.21. The lowest BCUT2D eigenvalue weighted by Crippen LogP contribution is -2.10. The van der Waals surface area contributed by atoms with Crippen molar-refractivity contribution >= 4 is 5.71 Å². The van der Waals surface area contributed by atoms with Crippen molar-refractivity contribution in [3.05, 3.63) is 11.8 Å². The van der Waals surface area contributed by atoms with Crippen molar-refractivity contribution < 1.29 is 9.68 Å². The molecule has 0 unspecified atom stereocenters. The van der Waals surface area contributed by atoms with Crippen LogP contribution in [-0.4, -0.2) is 29.5 Å². The van der Waals surface area contributed by atoms with Crippen LogP contribution >= 0.6 is 0 Å². The van der Waals surface area contributed by atoms with Gasteiger partial charge in [-0.1, -0.05) is 0 Å². The average molecular weight is 128 g/mol. The number of aliphatic hydroxyl groups excluding tert-OH is 1. The van der Waals surface area contributed by atoms with Gasteiger partial charge in [-0.15, -0.1) is 0 Å². The van der Waals surface area contributed by atoms with E-state index >= 15 is 0 Å². The summed E-state index contributed by atoms with van der Waals surface area (Å²) in [5.74, 6) is 0. The normalized spacial score (nSPS) is 11.3. The molecule has 0 rings (SSSR count). The topological polar surface area (TPSA) is 23.2 Å². The molecule has 0 radical (unpaired) electrons. The molecule has 0 heterocycles. The summed E-state index contributed by atoms with van der Waals surface area (Å²) >= 11 is 0. The van der Waals surface area contributed by atoms with Crippen molar-refractivity contribution in [1.29, 1.82) is 0 Å². The van der Waals surface area contributed by atoms with Gasteiger partial charge in [-0.2, -0.15) is 0 Å². The van der Waals surface area contributed by atoms with Gasteiger partial charge in [0.05, 0.1) is 6.26 Å². The summed E-state index contributed by atoms with van der Waals surface area (Å²) in [6.07, 6.45) is 1.12. The Morgan fingerprint density at radius 2 is 1.78 bits per heavy atom. The Labute approximate surface area is 56.1 Å². The second-order valence-corrected chi connectivity index (χ2v) is 2.29. The minimum Gasteiger partial charge on any atom is -0.515 e. The number of nitrogens with zero attached hydrogens (tertiary/aromatic N) is 1. The Balaban J connectivity index is 4.40. The highest BCUT2D eigenvalue weighted by Crippen LogP contribution is 1.92. The number of rotatable bonds is 1. The first-order valence-corrected chi connectivity index (χ1v) is 2.91. The van der Waals surface area contributed by atoms with Crippen molar-refractivity contribution in [1.82, 2.24) is 0 Å². The molecule has 0 aliphatic carbocycles. The van der Waals surface area contributed by atoms with Gasteiger partial charge in [0.15, 0.2) is 5.71 Å². The molecule has 0 fully saturated rings. The van der Waals surface area contributed by atoms with Gasteiger partial charge in [0.25, 0.3) is 0 Å². The monoisotopic (exact) mass is 128 g/mol. The number of hydrogen-bond donors (Lipinski definition) is 1. The summed E-state index contributed by atoms with van der Waals surface area (Å²) < 4.78 is 1.96. The van der Waals surface area contributed by atoms with Crippen LogP contribution in [0.4, 0.5) is 0 Å². The molecule has 9 heavy (non-hydrogen) atoms. The second-order valence-electron chi connectivity index (χ2n) is 2.29. The molecule has 0 aromatic carbocycles. The maximum atomic E-state index is 8.54. The third kappa shape index (κ3) is 2.31. The van der Waals surface area contributed by atoms with E-state index in [2.05, 4.69) is 0 Å². The summed E-state index contributed by atoms with van der Waals surface area (Å²) in [4.78, 5) is 0. The van der Waals surface area contributed by atoms with Crippen LogP contribution in [0.3, 0.4) is 0 Å². The second kappa shape index (κ2) is 3.28. The van der Waals surface area contributed by atoms with Crippen LogP contribution in [-0.2, 0) is 0 Å². The van der Waals surface area contributed by atoms with E-state index in [1.807, 2.05) is 32.5 Å². The largest absolute Gasteiger partial charge is 0.515 e. The highest BCUT2D eigenvalue weighted by atomic mass is 16.2. The summed E-state index contributed by atoms with van der Waals surface area (Å²) in [5.41, 5.74) is 1.98. The molecule has 0 bridgehead atoms. The third-order valence-corrected chi connectivity index (χ3v) is 1.44. The standard InChI is InChI=1S/C7H13NO/c1-6(5-9)7(2)8(3)4/h5H,1-4H3/p+1. The Morgan fingerprint density at radius 1 is 1.33 bits per heavy atom. The molecule has 52 valence electrons. The lowest BCUT2D eigenvalue weighted by Gasteiger charge is -1.94. The van der Waals surface area contributed by atoms with Crippen molar-refractivity contribution in [2.75, 3.05) is 14.1 Å². The molecule has 2 heteroatoms. The SMILES string of the molecule is CC(/C(C)=C/O)=[N+](C)C. The third-order valence-electron chi connectivity index (χ3n) is 1.44. The Hall–Kier alpha value is -0.790. The number of allylic oxidation sites excluding steroid dienone is 1. The van der Waals surface area contributed by atoms with Crippen LogP contribution in [0.1, 0.15) is 13.8 Å². The van der Waals surface area contributed by atoms with Crippen molar-refractivity contribution in [3.8, 4) is 0 Å². The van der Waals surface area contributed by atoms with Crippen LogP contribution in [0.25, 0.3) is 0 Å². The minimum absolute atomic E-state index is 0.903. The molecular weight excluding hydrogens is 114 g/mol. The molecular formula is C7H14NO+. The Bertz CT molecular complexity index is 152. The molecule has 2 nitrogen and oxygen atoms in total. The molecule has 1 N–H and O–H groups in total. The van der Waals surface area contributed by atoms with E-state index in [0.717, 1.165) is 17.5 Å². The fraction of sp³-hybridized carbons (Fsp3) is 0.571. The molecule has 0 aliphatic heterocycles. The quantitative estimate of drug-likeness (QED) is 0.320. The maximum absolute atomic E-state index is 8.54. The van der Waals surface area contributed by atoms with Gasteiger partial charge in [-0.05, 0) is 6.92 Å². The predicted octanol–water partition coefficient (Wildman–Crippen LogP) is 1.18. The average Bonchev–Trinajstić information content (AvgIpc) is 1.84. The van der Waals surface area contributed by atoms with Gasteiger partial charge in [-0.25, -0.2) is 4.58 Å². The molecule has 0 spiro atoms. The van der Waals surface area contributed by atoms with Crippen molar-refractivity contribution in [2.24, 2.45) is 0 Å². The summed E-state index contributed by atoms with van der Waals surface area (Å²) in [6.45, 7) is 3.83. The zero-order valence-electron chi connectivity index (χ0n) is 6.47. The first-order chi connectivity index (χ1) is 4.09. The van der Waals surface area contributed by atoms with Gasteiger partial charge in [0, 0.05) is 12.5 Å². The van der Waals surface area contributed by atoms with Gasteiger partial charge >= 0.3 is 0 Å². The molecule has 0 aliphatic rings. The molecule has 0 saturated carbocycles. The van der Waals surface area contributed by atoms with Gasteiger partial charge in [-0.3, -0.25) is 0 Å². The zero-order chi connectivity index (χ0) is 7.44. The number of hydrogen-bond acceptors (Lipinski definition) is 1. The maximum Gasteiger partial charge on any atom is 0.178 e. The first-order valence-electron chi connectivity index (χ1n) is 2.91. The smallest absolute Gasteiger partial charge is 0.178 e. The summed E-state index contributed by atoms with van der Waals surface area (Å²) in [5, 5.41) is 8.54. The minimum atomic E-state index is 0.903. The lowest BCUT2D eigenvalue weighted by atomic mass is 10.2. The fourth-order valence-corrected chi connectivity index (χ4v) is 0.446. The van der Waals surface area contributed by atoms with Gasteiger partial charge < -0.3 is 5.11 Å². The van der Waals surface area contributed by atoms with Gasteiger partial charge in [0.2, 0.25) is 0 Å². The lowest BCUT2D eigenvalue weighted by molar-refractivity contribution is -0.464. The van der Waals surface area contributed by atoms with Gasteiger partial charge in [0.1, 0.15) is 14.1 Å². The Kier molecular flexibility index (Phi) is 2.99. The van der Waals surface area contributed by atoms with E-state index < -0.39 is 0 Å². The van der Waals surface area contributed by atoms with E-state index in [-0.39, 0.29) is 0 Å². The highest BCUT2D eigenvalue weighted by Gasteiger charge is 2.00. The highest BCUT2D eigenvalue weighted by molar-refractivity contribution is 5.93. The Morgan fingerprint density at radius 3 is 1.89 bits per heavy atom. The van der Waals surface area contributed by atoms with Crippen LogP contribution in [0.5, 0.6) is 0 Å². The van der Waals surface area contributed by atoms with Crippen LogP contribution in [0.15, 0.2) is 11.8 Å². The molecule has 0 aromatic rings. The molecule has 0 atom stereocenters. The molecule has 0 amide bonds. The fourth-order valence-electron chi connectivity index (χ4n) is 0.446. The van der Waals surface area contributed by atoms with E-state index in [1.165, 1.54) is 0 Å². The zero-order valence-corrected chi connectivity index (χ0v) is 6.47.